The molecule has 1 N–H and O–H groups in total. The summed E-state index contributed by atoms with van der Waals surface area (Å²) in [5.41, 5.74) is 2.00. The molecule has 2 heterocycles. The van der Waals surface area contributed by atoms with Crippen LogP contribution in [-0.4, -0.2) is 36.9 Å². The Labute approximate surface area is 149 Å². The van der Waals surface area contributed by atoms with Crippen molar-refractivity contribution < 1.29 is 9.21 Å². The number of aromatic nitrogens is 5. The Kier molecular flexibility index (Phi) is 4.76. The molecule has 25 heavy (non-hydrogen) atoms. The average molecular weight is 360 g/mol. The first-order chi connectivity index (χ1) is 11.8. The number of tetrazole rings is 1. The Morgan fingerprint density at radius 3 is 2.84 bits per heavy atom. The van der Waals surface area contributed by atoms with E-state index < -0.39 is 0 Å². The maximum atomic E-state index is 12.1. The first kappa shape index (κ1) is 17.4. The number of amides is 1. The van der Waals surface area contributed by atoms with Gasteiger partial charge in [0.05, 0.1) is 0 Å². The van der Waals surface area contributed by atoms with E-state index in [9.17, 15) is 4.79 Å². The number of hydrogen-bond acceptors (Lipinski definition) is 7. The number of rotatable bonds is 5. The molecule has 8 nitrogen and oxygen atoms in total. The summed E-state index contributed by atoms with van der Waals surface area (Å²) in [7, 11) is 1.77. The number of anilines is 1. The molecule has 0 atom stereocenters. The predicted octanol–water partition coefficient (Wildman–Crippen LogP) is 2.77. The Bertz CT molecular complexity index is 896. The van der Waals surface area contributed by atoms with Gasteiger partial charge < -0.3 is 9.73 Å². The molecule has 1 aromatic carbocycles. The summed E-state index contributed by atoms with van der Waals surface area (Å²) in [6.07, 6.45) is 0.363. The van der Waals surface area contributed by atoms with Crippen LogP contribution in [0.1, 0.15) is 33.1 Å². The average Bonchev–Trinajstić information content (AvgIpc) is 3.13. The largest absolute Gasteiger partial charge is 0.440 e. The highest BCUT2D eigenvalue weighted by molar-refractivity contribution is 7.99. The number of carbonyl (C=O) groups excluding carboxylic acids is 1. The Morgan fingerprint density at radius 2 is 2.16 bits per heavy atom. The SMILES string of the molecule is Cn1nnnc1SCCC(=O)Nc1ccc2oc(C(C)(C)C)nc2c1. The number of fused-ring (bicyclic) bond motifs is 1. The van der Waals surface area contributed by atoms with Crippen molar-refractivity contribution in [1.82, 2.24) is 25.2 Å². The van der Waals surface area contributed by atoms with Crippen molar-refractivity contribution in [1.29, 1.82) is 0 Å². The molecule has 9 heteroatoms. The predicted molar refractivity (Wildman–Crippen MR) is 95.5 cm³/mol. The van der Waals surface area contributed by atoms with Gasteiger partial charge in [0.1, 0.15) is 5.52 Å². The molecule has 132 valence electrons. The zero-order valence-electron chi connectivity index (χ0n) is 14.6. The summed E-state index contributed by atoms with van der Waals surface area (Å²) in [4.78, 5) is 16.6. The van der Waals surface area contributed by atoms with Crippen LogP contribution in [0.3, 0.4) is 0 Å². The topological polar surface area (TPSA) is 98.7 Å². The molecule has 3 aromatic rings. The second-order valence-corrected chi connectivity index (χ2v) is 7.75. The quantitative estimate of drug-likeness (QED) is 0.698. The van der Waals surface area contributed by atoms with Crippen molar-refractivity contribution in [3.63, 3.8) is 0 Å². The molecular formula is C16H20N6O2S. The molecule has 0 saturated carbocycles. The maximum absolute atomic E-state index is 12.1. The minimum absolute atomic E-state index is 0.0680. The fourth-order valence-corrected chi connectivity index (χ4v) is 2.92. The normalized spacial score (nSPS) is 11.8. The fraction of sp³-hybridized carbons (Fsp3) is 0.438. The van der Waals surface area contributed by atoms with Crippen LogP contribution in [0.2, 0.25) is 0 Å². The number of nitrogens with one attached hydrogen (secondary N) is 1. The van der Waals surface area contributed by atoms with E-state index in [0.717, 1.165) is 5.52 Å². The second-order valence-electron chi connectivity index (χ2n) is 6.68. The molecule has 0 aliphatic rings. The van der Waals surface area contributed by atoms with E-state index >= 15 is 0 Å². The molecule has 3 rings (SSSR count). The lowest BCUT2D eigenvalue weighted by molar-refractivity contribution is -0.115. The molecular weight excluding hydrogens is 340 g/mol. The van der Waals surface area contributed by atoms with Gasteiger partial charge >= 0.3 is 0 Å². The number of benzene rings is 1. The summed E-state index contributed by atoms with van der Waals surface area (Å²) >= 11 is 1.44. The molecule has 0 aliphatic heterocycles. The second kappa shape index (κ2) is 6.83. The third kappa shape index (κ3) is 4.16. The van der Waals surface area contributed by atoms with Crippen molar-refractivity contribution >= 4 is 34.5 Å². The lowest BCUT2D eigenvalue weighted by Gasteiger charge is -2.11. The highest BCUT2D eigenvalue weighted by Crippen LogP contribution is 2.27. The number of hydrogen-bond donors (Lipinski definition) is 1. The van der Waals surface area contributed by atoms with E-state index in [1.165, 1.54) is 11.8 Å². The minimum Gasteiger partial charge on any atom is -0.440 e. The van der Waals surface area contributed by atoms with Crippen LogP contribution < -0.4 is 5.32 Å². The molecule has 2 aromatic heterocycles. The molecule has 0 unspecified atom stereocenters. The van der Waals surface area contributed by atoms with Crippen LogP contribution >= 0.6 is 11.8 Å². The van der Waals surface area contributed by atoms with Crippen molar-refractivity contribution in [3.05, 3.63) is 24.1 Å². The molecule has 0 saturated heterocycles. The molecule has 0 aliphatic carbocycles. The van der Waals surface area contributed by atoms with Crippen molar-refractivity contribution in [3.8, 4) is 0 Å². The number of oxazole rings is 1. The van der Waals surface area contributed by atoms with Gasteiger partial charge in [-0.3, -0.25) is 4.79 Å². The van der Waals surface area contributed by atoms with Gasteiger partial charge in [-0.05, 0) is 28.6 Å². The molecule has 0 spiro atoms. The lowest BCUT2D eigenvalue weighted by Crippen LogP contribution is -2.12. The van der Waals surface area contributed by atoms with Crippen LogP contribution in [-0.2, 0) is 17.3 Å². The zero-order valence-corrected chi connectivity index (χ0v) is 15.4. The van der Waals surface area contributed by atoms with Crippen molar-refractivity contribution in [2.24, 2.45) is 7.05 Å². The van der Waals surface area contributed by atoms with E-state index in [4.69, 9.17) is 4.42 Å². The van der Waals surface area contributed by atoms with Gasteiger partial charge in [-0.1, -0.05) is 32.5 Å². The number of nitrogens with zero attached hydrogens (tertiary/aromatic N) is 5. The lowest BCUT2D eigenvalue weighted by atomic mass is 9.97. The zero-order chi connectivity index (χ0) is 18.0. The molecule has 0 fully saturated rings. The van der Waals surface area contributed by atoms with E-state index in [1.807, 2.05) is 39.0 Å². The summed E-state index contributed by atoms with van der Waals surface area (Å²) < 4.78 is 7.34. The van der Waals surface area contributed by atoms with Crippen LogP contribution in [0.4, 0.5) is 5.69 Å². The van der Waals surface area contributed by atoms with Gasteiger partial charge in [-0.15, -0.1) is 5.10 Å². The van der Waals surface area contributed by atoms with Crippen LogP contribution in [0, 0.1) is 0 Å². The van der Waals surface area contributed by atoms with Gasteiger partial charge in [0.2, 0.25) is 17.0 Å². The third-order valence-corrected chi connectivity index (χ3v) is 4.47. The van der Waals surface area contributed by atoms with Crippen LogP contribution in [0.15, 0.2) is 27.8 Å². The fourth-order valence-electron chi connectivity index (χ4n) is 2.13. The molecule has 0 radical (unpaired) electrons. The number of thioether (sulfide) groups is 1. The highest BCUT2D eigenvalue weighted by atomic mass is 32.2. The third-order valence-electron chi connectivity index (χ3n) is 3.45. The van der Waals surface area contributed by atoms with Gasteiger partial charge in [-0.25, -0.2) is 9.67 Å². The number of aryl methyl sites for hydroxylation is 1. The molecule has 1 amide bonds. The Morgan fingerprint density at radius 1 is 1.36 bits per heavy atom. The first-order valence-corrected chi connectivity index (χ1v) is 8.87. The van der Waals surface area contributed by atoms with Crippen LogP contribution in [0.25, 0.3) is 11.1 Å². The van der Waals surface area contributed by atoms with Crippen molar-refractivity contribution in [2.45, 2.75) is 37.8 Å². The van der Waals surface area contributed by atoms with E-state index in [1.54, 1.807) is 11.7 Å². The minimum atomic E-state index is -0.158. The van der Waals surface area contributed by atoms with E-state index in [-0.39, 0.29) is 11.3 Å². The van der Waals surface area contributed by atoms with Crippen LogP contribution in [0.5, 0.6) is 0 Å². The smallest absolute Gasteiger partial charge is 0.225 e. The number of carbonyl (C=O) groups is 1. The summed E-state index contributed by atoms with van der Waals surface area (Å²) in [6.45, 7) is 6.14. The Balaban J connectivity index is 1.60. The van der Waals surface area contributed by atoms with Crippen molar-refractivity contribution in [2.75, 3.05) is 11.1 Å². The summed E-state index contributed by atoms with van der Waals surface area (Å²) in [6, 6.07) is 5.47. The standard InChI is InChI=1S/C16H20N6O2S/c1-16(2,3)14-18-11-9-10(5-6-12(11)24-14)17-13(23)7-8-25-15-19-20-21-22(15)4/h5-6,9H,7-8H2,1-4H3,(H,17,23). The van der Waals surface area contributed by atoms with E-state index in [0.29, 0.717) is 34.5 Å². The Hall–Kier alpha value is -2.42. The summed E-state index contributed by atoms with van der Waals surface area (Å²) in [5.74, 6) is 1.21. The van der Waals surface area contributed by atoms with Gasteiger partial charge in [0, 0.05) is 30.3 Å². The highest BCUT2D eigenvalue weighted by Gasteiger charge is 2.21. The van der Waals surface area contributed by atoms with E-state index in [2.05, 4.69) is 25.8 Å². The monoisotopic (exact) mass is 360 g/mol. The molecule has 0 bridgehead atoms. The van der Waals surface area contributed by atoms with Gasteiger partial charge in [0.25, 0.3) is 0 Å². The maximum Gasteiger partial charge on any atom is 0.225 e. The summed E-state index contributed by atoms with van der Waals surface area (Å²) in [5, 5.41) is 14.7. The first-order valence-electron chi connectivity index (χ1n) is 7.89. The van der Waals surface area contributed by atoms with Gasteiger partial charge in [-0.2, -0.15) is 0 Å². The van der Waals surface area contributed by atoms with Gasteiger partial charge in [0.15, 0.2) is 5.58 Å².